The summed E-state index contributed by atoms with van der Waals surface area (Å²) in [5.41, 5.74) is -1.24. The highest BCUT2D eigenvalue weighted by Crippen LogP contribution is 2.44. The highest BCUT2D eigenvalue weighted by Gasteiger charge is 2.55. The second-order valence-electron chi connectivity index (χ2n) is 7.33. The second-order valence-corrected chi connectivity index (χ2v) is 7.33. The fourth-order valence-corrected chi connectivity index (χ4v) is 2.81. The van der Waals surface area contributed by atoms with Gasteiger partial charge in [-0.05, 0) is 46.2 Å². The van der Waals surface area contributed by atoms with E-state index in [9.17, 15) is 18.0 Å². The molecule has 1 heterocycles. The van der Waals surface area contributed by atoms with Crippen LogP contribution in [0.5, 0.6) is 5.75 Å². The number of hydrogen-bond acceptors (Lipinski definition) is 5. The van der Waals surface area contributed by atoms with Crippen LogP contribution in [0.4, 0.5) is 13.2 Å². The number of para-hydroxylation sites is 1. The monoisotopic (exact) mass is 388 g/mol. The van der Waals surface area contributed by atoms with Crippen LogP contribution in [0.3, 0.4) is 0 Å². The van der Waals surface area contributed by atoms with Crippen LogP contribution in [-0.2, 0) is 18.8 Å². The topological polar surface area (TPSA) is 54.0 Å². The maximum Gasteiger partial charge on any atom is 0.573 e. The first-order valence-electron chi connectivity index (χ1n) is 8.72. The molecule has 0 aliphatic carbocycles. The maximum absolute atomic E-state index is 12.8. The summed E-state index contributed by atoms with van der Waals surface area (Å²) in [5.74, 6) is -1.78. The number of carbonyl (C=O) groups excluding carboxylic acids is 1. The Morgan fingerprint density at radius 1 is 1.15 bits per heavy atom. The number of ether oxygens (including phenoxy) is 2. The van der Waals surface area contributed by atoms with Gasteiger partial charge >= 0.3 is 19.5 Å². The van der Waals surface area contributed by atoms with Crippen molar-refractivity contribution in [2.75, 3.05) is 6.61 Å². The molecule has 0 bridgehead atoms. The van der Waals surface area contributed by atoms with E-state index in [2.05, 4.69) is 4.74 Å². The Hall–Kier alpha value is -1.74. The first-order chi connectivity index (χ1) is 12.4. The molecule has 1 aromatic carbocycles. The van der Waals surface area contributed by atoms with E-state index in [1.807, 2.05) is 27.7 Å². The van der Waals surface area contributed by atoms with Crippen LogP contribution in [-0.4, -0.2) is 37.3 Å². The molecule has 1 atom stereocenters. The van der Waals surface area contributed by atoms with Gasteiger partial charge in [0.05, 0.1) is 24.2 Å². The number of benzene rings is 1. The van der Waals surface area contributed by atoms with Crippen LogP contribution >= 0.6 is 0 Å². The Balaban J connectivity index is 2.42. The third-order valence-corrected chi connectivity index (χ3v) is 4.84. The Bertz CT molecular complexity index is 659. The summed E-state index contributed by atoms with van der Waals surface area (Å²) >= 11 is 0. The molecule has 0 amide bonds. The normalized spacial score (nSPS) is 19.6. The molecule has 9 heteroatoms. The van der Waals surface area contributed by atoms with Gasteiger partial charge in [0.1, 0.15) is 5.75 Å². The lowest BCUT2D eigenvalue weighted by atomic mass is 9.66. The number of esters is 1. The second kappa shape index (κ2) is 7.71. The van der Waals surface area contributed by atoms with Crippen LogP contribution < -0.4 is 4.74 Å². The molecule has 150 valence electrons. The lowest BCUT2D eigenvalue weighted by Gasteiger charge is -2.32. The van der Waals surface area contributed by atoms with E-state index in [0.29, 0.717) is 0 Å². The summed E-state index contributed by atoms with van der Waals surface area (Å²) in [4.78, 5) is 12.1. The number of hydrogen-bond donors (Lipinski definition) is 0. The van der Waals surface area contributed by atoms with Gasteiger partial charge < -0.3 is 18.8 Å². The van der Waals surface area contributed by atoms with E-state index < -0.39 is 42.2 Å². The summed E-state index contributed by atoms with van der Waals surface area (Å²) in [7, 11) is -0.933. The molecule has 0 saturated carbocycles. The fourth-order valence-electron chi connectivity index (χ4n) is 2.81. The number of rotatable bonds is 6. The van der Waals surface area contributed by atoms with Crippen LogP contribution in [0, 0.1) is 0 Å². The van der Waals surface area contributed by atoms with Gasteiger partial charge in [-0.3, -0.25) is 4.79 Å². The molecule has 5 nitrogen and oxygen atoms in total. The number of alkyl halides is 3. The molecule has 1 aliphatic rings. The summed E-state index contributed by atoms with van der Waals surface area (Å²) in [6.07, 6.45) is -5.07. The molecule has 0 aromatic heterocycles. The molecule has 1 saturated heterocycles. The zero-order valence-electron chi connectivity index (χ0n) is 16.1. The van der Waals surface area contributed by atoms with Gasteiger partial charge in [-0.2, -0.15) is 0 Å². The third kappa shape index (κ3) is 5.16. The van der Waals surface area contributed by atoms with Crippen molar-refractivity contribution in [1.29, 1.82) is 0 Å². The molecule has 27 heavy (non-hydrogen) atoms. The van der Waals surface area contributed by atoms with Gasteiger partial charge in [0.15, 0.2) is 0 Å². The van der Waals surface area contributed by atoms with E-state index in [1.54, 1.807) is 13.0 Å². The van der Waals surface area contributed by atoms with E-state index in [1.165, 1.54) is 18.2 Å². The van der Waals surface area contributed by atoms with E-state index >= 15 is 0 Å². The summed E-state index contributed by atoms with van der Waals surface area (Å²) in [6.45, 7) is 9.12. The van der Waals surface area contributed by atoms with Crippen molar-refractivity contribution in [3.8, 4) is 5.75 Å². The lowest BCUT2D eigenvalue weighted by molar-refractivity contribution is -0.274. The first kappa shape index (κ1) is 21.6. The van der Waals surface area contributed by atoms with Crippen LogP contribution in [0.2, 0.25) is 0 Å². The molecule has 1 aliphatic heterocycles. The van der Waals surface area contributed by atoms with E-state index in [-0.39, 0.29) is 18.6 Å². The average Bonchev–Trinajstić information content (AvgIpc) is 2.72. The molecular formula is C18H24BF3O5. The third-order valence-electron chi connectivity index (χ3n) is 4.84. The molecular weight excluding hydrogens is 364 g/mol. The Kier molecular flexibility index (Phi) is 6.16. The molecule has 1 aromatic rings. The lowest BCUT2D eigenvalue weighted by Crippen LogP contribution is -2.41. The van der Waals surface area contributed by atoms with Crippen molar-refractivity contribution >= 4 is 13.1 Å². The van der Waals surface area contributed by atoms with Crippen molar-refractivity contribution in [3.05, 3.63) is 29.8 Å². The van der Waals surface area contributed by atoms with Gasteiger partial charge in [-0.25, -0.2) is 0 Å². The summed E-state index contributed by atoms with van der Waals surface area (Å²) < 4.78 is 59.5. The van der Waals surface area contributed by atoms with Gasteiger partial charge in [-0.1, -0.05) is 18.2 Å². The quantitative estimate of drug-likeness (QED) is 0.539. The van der Waals surface area contributed by atoms with Gasteiger partial charge in [-0.15, -0.1) is 13.2 Å². The fraction of sp³-hybridized carbons (Fsp3) is 0.611. The molecule has 1 unspecified atom stereocenters. The van der Waals surface area contributed by atoms with Crippen molar-refractivity contribution < 1.29 is 36.7 Å². The number of carbonyl (C=O) groups is 1. The predicted octanol–water partition coefficient (Wildman–Crippen LogP) is 4.25. The smallest absolute Gasteiger partial charge is 0.466 e. The summed E-state index contributed by atoms with van der Waals surface area (Å²) in [5, 5.41) is 0. The number of halogens is 3. The molecule has 0 radical (unpaired) electrons. The standard InChI is InChI=1S/C18H24BF3O5/c1-6-24-15(23)11-13(19-26-16(2,3)17(4,5)27-19)12-9-7-8-10-14(12)25-18(20,21)22/h7-10,13H,6,11H2,1-5H3. The summed E-state index contributed by atoms with van der Waals surface area (Å²) in [6, 6.07) is 5.67. The van der Waals surface area contributed by atoms with Crippen molar-refractivity contribution in [1.82, 2.24) is 0 Å². The van der Waals surface area contributed by atoms with Crippen molar-refractivity contribution in [3.63, 3.8) is 0 Å². The van der Waals surface area contributed by atoms with Gasteiger partial charge in [0, 0.05) is 5.82 Å². The Labute approximate surface area is 157 Å². The Morgan fingerprint density at radius 2 is 1.70 bits per heavy atom. The first-order valence-corrected chi connectivity index (χ1v) is 8.72. The maximum atomic E-state index is 12.8. The Morgan fingerprint density at radius 3 is 2.22 bits per heavy atom. The highest BCUT2D eigenvalue weighted by atomic mass is 19.4. The minimum absolute atomic E-state index is 0.162. The van der Waals surface area contributed by atoms with Gasteiger partial charge in [0.25, 0.3) is 0 Å². The largest absolute Gasteiger partial charge is 0.573 e. The highest BCUT2D eigenvalue weighted by molar-refractivity contribution is 6.48. The SMILES string of the molecule is CCOC(=O)CC(B1OC(C)(C)C(C)(C)O1)c1ccccc1OC(F)(F)F. The van der Waals surface area contributed by atoms with Crippen molar-refractivity contribution in [2.45, 2.75) is 64.4 Å². The predicted molar refractivity (Wildman–Crippen MR) is 93.2 cm³/mol. The van der Waals surface area contributed by atoms with Crippen molar-refractivity contribution in [2.24, 2.45) is 0 Å². The van der Waals surface area contributed by atoms with Crippen LogP contribution in [0.15, 0.2) is 24.3 Å². The molecule has 0 spiro atoms. The van der Waals surface area contributed by atoms with Crippen LogP contribution in [0.25, 0.3) is 0 Å². The van der Waals surface area contributed by atoms with Crippen LogP contribution in [0.1, 0.15) is 52.4 Å². The molecule has 1 fully saturated rings. The minimum Gasteiger partial charge on any atom is -0.466 e. The van der Waals surface area contributed by atoms with E-state index in [4.69, 9.17) is 14.0 Å². The minimum atomic E-state index is -4.86. The molecule has 2 rings (SSSR count). The van der Waals surface area contributed by atoms with E-state index in [0.717, 1.165) is 0 Å². The zero-order valence-corrected chi connectivity index (χ0v) is 16.1. The average molecular weight is 388 g/mol. The zero-order chi connectivity index (χ0) is 20.5. The molecule has 0 N–H and O–H groups in total. The van der Waals surface area contributed by atoms with Gasteiger partial charge in [0.2, 0.25) is 0 Å².